The summed E-state index contributed by atoms with van der Waals surface area (Å²) in [6.45, 7) is 0.392. The van der Waals surface area contributed by atoms with Gasteiger partial charge in [0, 0.05) is 16.9 Å². The SMILES string of the molecule is O=C(NCc1cc(F)ccc1Br)C1CC2CC2C1. The molecule has 0 radical (unpaired) electrons. The van der Waals surface area contributed by atoms with Crippen molar-refractivity contribution < 1.29 is 9.18 Å². The zero-order valence-electron chi connectivity index (χ0n) is 9.96. The van der Waals surface area contributed by atoms with Crippen molar-refractivity contribution in [1.82, 2.24) is 5.32 Å². The van der Waals surface area contributed by atoms with Gasteiger partial charge in [-0.05, 0) is 54.9 Å². The lowest BCUT2D eigenvalue weighted by atomic mass is 10.0. The van der Waals surface area contributed by atoms with Crippen molar-refractivity contribution in [3.63, 3.8) is 0 Å². The van der Waals surface area contributed by atoms with Crippen molar-refractivity contribution in [2.75, 3.05) is 0 Å². The van der Waals surface area contributed by atoms with E-state index in [4.69, 9.17) is 0 Å². The van der Waals surface area contributed by atoms with Crippen molar-refractivity contribution in [2.45, 2.75) is 25.8 Å². The second kappa shape index (κ2) is 4.65. The predicted molar refractivity (Wildman–Crippen MR) is 70.3 cm³/mol. The van der Waals surface area contributed by atoms with Crippen LogP contribution in [0.25, 0.3) is 0 Å². The Morgan fingerprint density at radius 3 is 2.78 bits per heavy atom. The molecule has 1 aromatic carbocycles. The molecule has 0 heterocycles. The summed E-state index contributed by atoms with van der Waals surface area (Å²) in [5, 5.41) is 2.91. The van der Waals surface area contributed by atoms with Crippen molar-refractivity contribution >= 4 is 21.8 Å². The van der Waals surface area contributed by atoms with E-state index in [0.29, 0.717) is 6.54 Å². The zero-order valence-corrected chi connectivity index (χ0v) is 11.5. The summed E-state index contributed by atoms with van der Waals surface area (Å²) in [6.07, 6.45) is 3.40. The monoisotopic (exact) mass is 311 g/mol. The van der Waals surface area contributed by atoms with Gasteiger partial charge in [0.1, 0.15) is 5.82 Å². The first-order valence-corrected chi connectivity index (χ1v) is 7.14. The minimum Gasteiger partial charge on any atom is -0.352 e. The van der Waals surface area contributed by atoms with Gasteiger partial charge in [-0.25, -0.2) is 4.39 Å². The van der Waals surface area contributed by atoms with Gasteiger partial charge in [-0.3, -0.25) is 4.79 Å². The van der Waals surface area contributed by atoms with Crippen LogP contribution in [0.4, 0.5) is 4.39 Å². The number of hydrogen-bond donors (Lipinski definition) is 1. The summed E-state index contributed by atoms with van der Waals surface area (Å²) in [5.41, 5.74) is 0.784. The summed E-state index contributed by atoms with van der Waals surface area (Å²) >= 11 is 3.36. The number of hydrogen-bond acceptors (Lipinski definition) is 1. The van der Waals surface area contributed by atoms with Crippen LogP contribution < -0.4 is 5.32 Å². The molecule has 96 valence electrons. The molecule has 2 nitrogen and oxygen atoms in total. The molecule has 4 heteroatoms. The average Bonchev–Trinajstić information content (AvgIpc) is 2.97. The Hall–Kier alpha value is -0.900. The Morgan fingerprint density at radius 2 is 2.06 bits per heavy atom. The lowest BCUT2D eigenvalue weighted by Gasteiger charge is -2.13. The quantitative estimate of drug-likeness (QED) is 0.912. The molecule has 0 bridgehead atoms. The maximum atomic E-state index is 13.1. The van der Waals surface area contributed by atoms with Crippen LogP contribution in [-0.4, -0.2) is 5.91 Å². The molecule has 2 aliphatic rings. The number of benzene rings is 1. The molecule has 2 atom stereocenters. The Balaban J connectivity index is 1.57. The number of amides is 1. The maximum absolute atomic E-state index is 13.1. The molecule has 1 amide bonds. The third-order valence-corrected chi connectivity index (χ3v) is 4.85. The van der Waals surface area contributed by atoms with E-state index in [0.717, 1.165) is 34.7 Å². The van der Waals surface area contributed by atoms with Crippen LogP contribution >= 0.6 is 15.9 Å². The highest BCUT2D eigenvalue weighted by Gasteiger charge is 2.47. The highest BCUT2D eigenvalue weighted by atomic mass is 79.9. The lowest BCUT2D eigenvalue weighted by Crippen LogP contribution is -2.29. The molecule has 2 fully saturated rings. The second-order valence-electron chi connectivity index (χ2n) is 5.38. The average molecular weight is 312 g/mol. The van der Waals surface area contributed by atoms with Gasteiger partial charge in [0.25, 0.3) is 0 Å². The van der Waals surface area contributed by atoms with Gasteiger partial charge in [-0.15, -0.1) is 0 Å². The molecule has 0 spiro atoms. The van der Waals surface area contributed by atoms with Gasteiger partial charge in [0.15, 0.2) is 0 Å². The molecule has 3 rings (SSSR count). The van der Waals surface area contributed by atoms with Crippen LogP contribution in [0.1, 0.15) is 24.8 Å². The highest BCUT2D eigenvalue weighted by molar-refractivity contribution is 9.10. The van der Waals surface area contributed by atoms with Crippen molar-refractivity contribution in [2.24, 2.45) is 17.8 Å². The molecule has 2 unspecified atom stereocenters. The van der Waals surface area contributed by atoms with Crippen LogP contribution in [0.15, 0.2) is 22.7 Å². The summed E-state index contributed by atoms with van der Waals surface area (Å²) in [7, 11) is 0. The van der Waals surface area contributed by atoms with Gasteiger partial charge in [0.2, 0.25) is 5.91 Å². The fourth-order valence-electron chi connectivity index (χ4n) is 2.93. The molecule has 2 saturated carbocycles. The van der Waals surface area contributed by atoms with Crippen molar-refractivity contribution in [1.29, 1.82) is 0 Å². The Morgan fingerprint density at radius 1 is 1.33 bits per heavy atom. The number of fused-ring (bicyclic) bond motifs is 1. The molecule has 0 aliphatic heterocycles. The zero-order chi connectivity index (χ0) is 12.7. The number of nitrogens with one attached hydrogen (secondary N) is 1. The van der Waals surface area contributed by atoms with Gasteiger partial charge < -0.3 is 5.32 Å². The van der Waals surface area contributed by atoms with Crippen LogP contribution in [0.2, 0.25) is 0 Å². The molecular weight excluding hydrogens is 297 g/mol. The smallest absolute Gasteiger partial charge is 0.223 e. The number of carbonyl (C=O) groups excluding carboxylic acids is 1. The van der Waals surface area contributed by atoms with Crippen LogP contribution in [0.3, 0.4) is 0 Å². The molecule has 1 N–H and O–H groups in total. The highest BCUT2D eigenvalue weighted by Crippen LogP contribution is 2.54. The van der Waals surface area contributed by atoms with E-state index in [9.17, 15) is 9.18 Å². The molecule has 18 heavy (non-hydrogen) atoms. The first kappa shape index (κ1) is 12.2. The first-order chi connectivity index (χ1) is 8.63. The Bertz CT molecular complexity index is 481. The summed E-state index contributed by atoms with van der Waals surface area (Å²) in [4.78, 5) is 12.0. The normalized spacial score (nSPS) is 28.9. The summed E-state index contributed by atoms with van der Waals surface area (Å²) in [6, 6.07) is 4.53. The minimum atomic E-state index is -0.274. The van der Waals surface area contributed by atoms with E-state index in [2.05, 4.69) is 21.2 Å². The molecule has 0 saturated heterocycles. The predicted octanol–water partition coefficient (Wildman–Crippen LogP) is 3.25. The lowest BCUT2D eigenvalue weighted by molar-refractivity contribution is -0.125. The van der Waals surface area contributed by atoms with Gasteiger partial charge in [-0.1, -0.05) is 15.9 Å². The van der Waals surface area contributed by atoms with E-state index < -0.39 is 0 Å². The van der Waals surface area contributed by atoms with Crippen LogP contribution in [0, 0.1) is 23.6 Å². The van der Waals surface area contributed by atoms with Crippen molar-refractivity contribution in [3.05, 3.63) is 34.1 Å². The molecule has 2 aliphatic carbocycles. The topological polar surface area (TPSA) is 29.1 Å². The van der Waals surface area contributed by atoms with Gasteiger partial charge in [-0.2, -0.15) is 0 Å². The third kappa shape index (κ3) is 2.44. The van der Waals surface area contributed by atoms with Gasteiger partial charge >= 0.3 is 0 Å². The number of carbonyl (C=O) groups is 1. The second-order valence-corrected chi connectivity index (χ2v) is 6.23. The fraction of sp³-hybridized carbons (Fsp3) is 0.500. The third-order valence-electron chi connectivity index (χ3n) is 4.08. The molecule has 1 aromatic rings. The fourth-order valence-corrected chi connectivity index (χ4v) is 3.32. The number of rotatable bonds is 3. The largest absolute Gasteiger partial charge is 0.352 e. The Labute approximate surface area is 114 Å². The van der Waals surface area contributed by atoms with E-state index >= 15 is 0 Å². The van der Waals surface area contributed by atoms with E-state index in [-0.39, 0.29) is 17.6 Å². The van der Waals surface area contributed by atoms with Crippen LogP contribution in [-0.2, 0) is 11.3 Å². The van der Waals surface area contributed by atoms with Crippen LogP contribution in [0.5, 0.6) is 0 Å². The molecule has 0 aromatic heterocycles. The van der Waals surface area contributed by atoms with E-state index in [1.54, 1.807) is 6.07 Å². The van der Waals surface area contributed by atoms with Crippen molar-refractivity contribution in [3.8, 4) is 0 Å². The van der Waals surface area contributed by atoms with E-state index in [1.165, 1.54) is 18.6 Å². The minimum absolute atomic E-state index is 0.123. The maximum Gasteiger partial charge on any atom is 0.223 e. The first-order valence-electron chi connectivity index (χ1n) is 6.35. The summed E-state index contributed by atoms with van der Waals surface area (Å²) < 4.78 is 13.9. The number of halogens is 2. The molecular formula is C14H15BrFNO. The van der Waals surface area contributed by atoms with E-state index in [1.807, 2.05) is 0 Å². The standard InChI is InChI=1S/C14H15BrFNO/c15-13-2-1-12(16)6-11(13)7-17-14(18)10-4-8-3-9(8)5-10/h1-2,6,8-10H,3-5,7H2,(H,17,18). The Kier molecular flexibility index (Phi) is 3.14. The van der Waals surface area contributed by atoms with Gasteiger partial charge in [0.05, 0.1) is 0 Å². The summed E-state index contributed by atoms with van der Waals surface area (Å²) in [5.74, 6) is 1.65.